The second-order valence-corrected chi connectivity index (χ2v) is 13.1. The maximum Gasteiger partial charge on any atom is 0.318 e. The number of halogens is 2. The van der Waals surface area contributed by atoms with Gasteiger partial charge in [0.15, 0.2) is 0 Å². The molecule has 0 amide bonds. The molecule has 0 saturated carbocycles. The highest BCUT2D eigenvalue weighted by Gasteiger charge is 2.49. The van der Waals surface area contributed by atoms with Crippen LogP contribution in [0.15, 0.2) is 36.4 Å². The van der Waals surface area contributed by atoms with Crippen LogP contribution in [0.5, 0.6) is 6.01 Å². The summed E-state index contributed by atoms with van der Waals surface area (Å²) in [6.45, 7) is 6.07. The first-order valence-corrected chi connectivity index (χ1v) is 15.6. The molecule has 1 spiro atoms. The number of anilines is 2. The van der Waals surface area contributed by atoms with Crippen molar-refractivity contribution in [3.05, 3.63) is 52.7 Å². The van der Waals surface area contributed by atoms with Crippen LogP contribution in [0.2, 0.25) is 5.02 Å². The van der Waals surface area contributed by atoms with Gasteiger partial charge in [-0.2, -0.15) is 9.97 Å². The fourth-order valence-corrected chi connectivity index (χ4v) is 8.38. The molecule has 216 valence electrons. The van der Waals surface area contributed by atoms with E-state index in [1.807, 2.05) is 12.1 Å². The van der Waals surface area contributed by atoms with E-state index in [-0.39, 0.29) is 11.1 Å². The standard InChI is InChI=1S/C32H37ClFN5O2/c33-25-7-1-5-22-6-2-8-27(28(22)25)37-15-9-24-26(19-37)35-30(40-21-31-10-3-14-39(31)18-23(34)17-31)36-29(24)38-13-4-11-32(20-38)12-16-41-32/h1-2,5-8,23H,3-4,9-21H2/t23-,31+,32?/m1/s1. The molecule has 1 aromatic heterocycles. The molecular weight excluding hydrogens is 541 g/mol. The second-order valence-electron chi connectivity index (χ2n) is 12.7. The predicted octanol–water partition coefficient (Wildman–Crippen LogP) is 5.56. The van der Waals surface area contributed by atoms with Crippen LogP contribution in [0.3, 0.4) is 0 Å². The van der Waals surface area contributed by atoms with Gasteiger partial charge in [-0.25, -0.2) is 4.39 Å². The van der Waals surface area contributed by atoms with Gasteiger partial charge in [-0.3, -0.25) is 4.90 Å². The third kappa shape index (κ3) is 4.45. The van der Waals surface area contributed by atoms with Crippen LogP contribution < -0.4 is 14.5 Å². The molecule has 41 heavy (non-hydrogen) atoms. The number of ether oxygens (including phenoxy) is 2. The fourth-order valence-electron chi connectivity index (χ4n) is 8.10. The number of hydrogen-bond acceptors (Lipinski definition) is 7. The molecule has 7 nitrogen and oxygen atoms in total. The van der Waals surface area contributed by atoms with Crippen molar-refractivity contribution in [3.63, 3.8) is 0 Å². The summed E-state index contributed by atoms with van der Waals surface area (Å²) in [4.78, 5) is 17.2. The van der Waals surface area contributed by atoms with Crippen molar-refractivity contribution in [2.24, 2.45) is 0 Å². The van der Waals surface area contributed by atoms with Gasteiger partial charge in [0.25, 0.3) is 0 Å². The van der Waals surface area contributed by atoms with Gasteiger partial charge >= 0.3 is 6.01 Å². The lowest BCUT2D eigenvalue weighted by atomic mass is 9.85. The highest BCUT2D eigenvalue weighted by molar-refractivity contribution is 6.36. The van der Waals surface area contributed by atoms with E-state index >= 15 is 0 Å². The number of rotatable bonds is 5. The molecule has 1 unspecified atom stereocenters. The molecule has 9 heteroatoms. The zero-order valence-corrected chi connectivity index (χ0v) is 24.2. The fraction of sp³-hybridized carbons (Fsp3) is 0.562. The Morgan fingerprint density at radius 1 is 1.02 bits per heavy atom. The molecule has 4 fully saturated rings. The van der Waals surface area contributed by atoms with E-state index in [2.05, 4.69) is 39.0 Å². The lowest BCUT2D eigenvalue weighted by Crippen LogP contribution is -2.56. The molecule has 0 N–H and O–H groups in total. The van der Waals surface area contributed by atoms with Gasteiger partial charge in [0.2, 0.25) is 0 Å². The quantitative estimate of drug-likeness (QED) is 0.393. The lowest BCUT2D eigenvalue weighted by Gasteiger charge is -2.49. The molecule has 0 radical (unpaired) electrons. The molecule has 6 heterocycles. The van der Waals surface area contributed by atoms with Crippen LogP contribution in [-0.4, -0.2) is 78.1 Å². The van der Waals surface area contributed by atoms with Gasteiger partial charge in [0.1, 0.15) is 18.6 Å². The van der Waals surface area contributed by atoms with Crippen molar-refractivity contribution in [3.8, 4) is 6.01 Å². The maximum absolute atomic E-state index is 14.4. The SMILES string of the molecule is F[C@H]1CN2CCC[C@@]2(COc2nc3c(c(N4CCCC5(CCO5)C4)n2)CCN(c2cccc4cccc(Cl)c24)C3)C1. The smallest absolute Gasteiger partial charge is 0.318 e. The third-order valence-corrected chi connectivity index (χ3v) is 10.5. The maximum atomic E-state index is 14.4. The zero-order chi connectivity index (χ0) is 27.6. The monoisotopic (exact) mass is 577 g/mol. The van der Waals surface area contributed by atoms with Crippen LogP contribution in [0.1, 0.15) is 49.8 Å². The Morgan fingerprint density at radius 3 is 2.73 bits per heavy atom. The van der Waals surface area contributed by atoms with Gasteiger partial charge < -0.3 is 19.3 Å². The first-order chi connectivity index (χ1) is 20.0. The number of alkyl halides is 1. The predicted molar refractivity (Wildman–Crippen MR) is 159 cm³/mol. The Bertz CT molecular complexity index is 1480. The number of benzene rings is 2. The highest BCUT2D eigenvalue weighted by atomic mass is 35.5. The van der Waals surface area contributed by atoms with E-state index in [0.29, 0.717) is 32.1 Å². The minimum atomic E-state index is -0.785. The minimum absolute atomic E-state index is 0.0409. The molecule has 2 aromatic carbocycles. The van der Waals surface area contributed by atoms with Gasteiger partial charge in [0, 0.05) is 55.7 Å². The van der Waals surface area contributed by atoms with Gasteiger partial charge in [0.05, 0.1) is 35.0 Å². The first kappa shape index (κ1) is 26.0. The number of hydrogen-bond donors (Lipinski definition) is 0. The molecule has 0 aliphatic carbocycles. The van der Waals surface area contributed by atoms with Crippen LogP contribution in [0, 0.1) is 0 Å². The van der Waals surface area contributed by atoms with Crippen molar-refractivity contribution in [2.75, 3.05) is 55.7 Å². The van der Waals surface area contributed by atoms with Crippen LogP contribution in [-0.2, 0) is 17.7 Å². The highest BCUT2D eigenvalue weighted by Crippen LogP contribution is 2.42. The summed E-state index contributed by atoms with van der Waals surface area (Å²) < 4.78 is 27.0. The molecule has 0 bridgehead atoms. The van der Waals surface area contributed by atoms with Gasteiger partial charge in [-0.1, -0.05) is 35.9 Å². The summed E-state index contributed by atoms with van der Waals surface area (Å²) in [5.74, 6) is 0.991. The van der Waals surface area contributed by atoms with Crippen molar-refractivity contribution in [2.45, 2.75) is 68.8 Å². The number of piperidine rings is 1. The summed E-state index contributed by atoms with van der Waals surface area (Å²) >= 11 is 6.72. The molecule has 8 rings (SSSR count). The largest absolute Gasteiger partial charge is 0.461 e. The number of aromatic nitrogens is 2. The van der Waals surface area contributed by atoms with E-state index in [0.717, 1.165) is 104 Å². The Balaban J connectivity index is 1.14. The minimum Gasteiger partial charge on any atom is -0.461 e. The van der Waals surface area contributed by atoms with Crippen LogP contribution >= 0.6 is 11.6 Å². The average molecular weight is 578 g/mol. The normalized spacial score (nSPS) is 29.6. The van der Waals surface area contributed by atoms with Crippen LogP contribution in [0.25, 0.3) is 10.8 Å². The van der Waals surface area contributed by atoms with E-state index in [1.54, 1.807) is 0 Å². The third-order valence-electron chi connectivity index (χ3n) is 10.2. The first-order valence-electron chi connectivity index (χ1n) is 15.2. The van der Waals surface area contributed by atoms with E-state index in [1.165, 1.54) is 5.56 Å². The second kappa shape index (κ2) is 9.96. The molecule has 3 aromatic rings. The van der Waals surface area contributed by atoms with Gasteiger partial charge in [-0.05, 0) is 56.2 Å². The van der Waals surface area contributed by atoms with E-state index in [9.17, 15) is 4.39 Å². The summed E-state index contributed by atoms with van der Waals surface area (Å²) in [6, 6.07) is 12.9. The molecule has 3 atom stereocenters. The van der Waals surface area contributed by atoms with Crippen molar-refractivity contribution < 1.29 is 13.9 Å². The average Bonchev–Trinajstić information content (AvgIpc) is 3.50. The van der Waals surface area contributed by atoms with Crippen LogP contribution in [0.4, 0.5) is 15.9 Å². The van der Waals surface area contributed by atoms with Crippen molar-refractivity contribution >= 4 is 33.9 Å². The summed E-state index contributed by atoms with van der Waals surface area (Å²) in [5.41, 5.74) is 3.06. The summed E-state index contributed by atoms with van der Waals surface area (Å²) in [5, 5.41) is 2.97. The van der Waals surface area contributed by atoms with E-state index in [4.69, 9.17) is 31.0 Å². The molecule has 5 aliphatic heterocycles. The lowest BCUT2D eigenvalue weighted by molar-refractivity contribution is -0.151. The van der Waals surface area contributed by atoms with Crippen molar-refractivity contribution in [1.29, 1.82) is 0 Å². The molecule has 4 saturated heterocycles. The summed E-state index contributed by atoms with van der Waals surface area (Å²) in [6.07, 6.45) is 5.95. The Hall–Kier alpha value is -2.68. The van der Waals surface area contributed by atoms with Crippen molar-refractivity contribution in [1.82, 2.24) is 14.9 Å². The van der Waals surface area contributed by atoms with Gasteiger partial charge in [-0.15, -0.1) is 0 Å². The number of nitrogens with zero attached hydrogens (tertiary/aromatic N) is 5. The number of fused-ring (bicyclic) bond motifs is 3. The topological polar surface area (TPSA) is 54.0 Å². The Labute approximate surface area is 245 Å². The zero-order valence-electron chi connectivity index (χ0n) is 23.5. The summed E-state index contributed by atoms with van der Waals surface area (Å²) in [7, 11) is 0. The molecular formula is C32H37ClFN5O2. The van der Waals surface area contributed by atoms with E-state index < -0.39 is 6.17 Å². The molecule has 5 aliphatic rings. The Kier molecular flexibility index (Phi) is 6.31. The Morgan fingerprint density at radius 2 is 1.88 bits per heavy atom.